The van der Waals surface area contributed by atoms with Crippen LogP contribution in [0, 0.1) is 0 Å². The van der Waals surface area contributed by atoms with Gasteiger partial charge in [-0.1, -0.05) is 47.8 Å². The van der Waals surface area contributed by atoms with Gasteiger partial charge in [-0.25, -0.2) is 0 Å². The average Bonchev–Trinajstić information content (AvgIpc) is 2.96. The number of likely N-dealkylation sites (N-methyl/N-ethyl adjacent to an activating group) is 1. The van der Waals surface area contributed by atoms with Gasteiger partial charge in [-0.05, 0) is 44.0 Å². The van der Waals surface area contributed by atoms with Gasteiger partial charge in [-0.15, -0.1) is 12.4 Å². The van der Waals surface area contributed by atoms with Crippen LogP contribution < -0.4 is 10.6 Å². The van der Waals surface area contributed by atoms with Crippen molar-refractivity contribution in [2.24, 2.45) is 0 Å². The van der Waals surface area contributed by atoms with Crippen LogP contribution in [-0.4, -0.2) is 25.0 Å². The van der Waals surface area contributed by atoms with Gasteiger partial charge in [0.25, 0.3) is 0 Å². The molecule has 3 nitrogen and oxygen atoms in total. The molecule has 0 unspecified atom stereocenters. The molecular formula is C17H26BrClN2O. The van der Waals surface area contributed by atoms with Crippen molar-refractivity contribution >= 4 is 34.2 Å². The molecule has 0 saturated heterocycles. The zero-order chi connectivity index (χ0) is 15.3. The molecule has 1 aromatic rings. The molecule has 1 aromatic carbocycles. The van der Waals surface area contributed by atoms with Gasteiger partial charge < -0.3 is 10.6 Å². The van der Waals surface area contributed by atoms with Gasteiger partial charge in [0, 0.05) is 17.1 Å². The number of hydrogen-bond donors (Lipinski definition) is 2. The van der Waals surface area contributed by atoms with E-state index in [0.717, 1.165) is 42.3 Å². The van der Waals surface area contributed by atoms with E-state index in [4.69, 9.17) is 0 Å². The molecule has 5 heteroatoms. The molecule has 1 aliphatic rings. The molecule has 0 aliphatic heterocycles. The molecule has 1 amide bonds. The fourth-order valence-corrected chi connectivity index (χ4v) is 3.65. The van der Waals surface area contributed by atoms with E-state index in [1.807, 2.05) is 12.1 Å². The van der Waals surface area contributed by atoms with Crippen molar-refractivity contribution in [3.05, 3.63) is 34.3 Å². The number of benzene rings is 1. The predicted molar refractivity (Wildman–Crippen MR) is 97.7 cm³/mol. The zero-order valence-electron chi connectivity index (χ0n) is 13.3. The molecule has 1 aliphatic carbocycles. The Bertz CT molecular complexity index is 489. The minimum absolute atomic E-state index is 0. The molecule has 1 fully saturated rings. The number of halogens is 2. The number of amides is 1. The quantitative estimate of drug-likeness (QED) is 0.777. The van der Waals surface area contributed by atoms with E-state index in [2.05, 4.69) is 52.5 Å². The first-order valence-corrected chi connectivity index (χ1v) is 8.65. The van der Waals surface area contributed by atoms with E-state index >= 15 is 0 Å². The smallest absolute Gasteiger partial charge is 0.230 e. The van der Waals surface area contributed by atoms with E-state index < -0.39 is 0 Å². The standard InChI is InChI=1S/C17H25BrN2O.ClH/c1-3-19-13(2)12-20-16(21)17(9-4-5-10-17)14-7-6-8-15(18)11-14;/h6-8,11,13,19H,3-5,9-10,12H2,1-2H3,(H,20,21);1H/t13-;/m1./s1. The molecule has 1 atom stereocenters. The van der Waals surface area contributed by atoms with E-state index in [1.54, 1.807) is 0 Å². The maximum atomic E-state index is 12.8. The molecule has 0 heterocycles. The second kappa shape index (κ2) is 8.90. The molecule has 2 N–H and O–H groups in total. The van der Waals surface area contributed by atoms with Gasteiger partial charge in [0.1, 0.15) is 0 Å². The first-order chi connectivity index (χ1) is 10.1. The Morgan fingerprint density at radius 3 is 2.64 bits per heavy atom. The van der Waals surface area contributed by atoms with Crippen LogP contribution in [0.1, 0.15) is 45.1 Å². The van der Waals surface area contributed by atoms with Crippen LogP contribution in [0.15, 0.2) is 28.7 Å². The fraction of sp³-hybridized carbons (Fsp3) is 0.588. The van der Waals surface area contributed by atoms with E-state index in [1.165, 1.54) is 0 Å². The van der Waals surface area contributed by atoms with Crippen LogP contribution in [0.3, 0.4) is 0 Å². The summed E-state index contributed by atoms with van der Waals surface area (Å²) in [4.78, 5) is 12.8. The van der Waals surface area contributed by atoms with Crippen molar-refractivity contribution in [1.29, 1.82) is 0 Å². The van der Waals surface area contributed by atoms with Crippen molar-refractivity contribution in [3.8, 4) is 0 Å². The lowest BCUT2D eigenvalue weighted by Crippen LogP contribution is -2.47. The van der Waals surface area contributed by atoms with Gasteiger partial charge in [0.15, 0.2) is 0 Å². The molecule has 0 radical (unpaired) electrons. The minimum Gasteiger partial charge on any atom is -0.354 e. The first kappa shape index (κ1) is 19.5. The Balaban J connectivity index is 0.00000242. The third kappa shape index (κ3) is 4.46. The highest BCUT2D eigenvalue weighted by Crippen LogP contribution is 2.42. The van der Waals surface area contributed by atoms with Gasteiger partial charge in [-0.3, -0.25) is 4.79 Å². The summed E-state index contributed by atoms with van der Waals surface area (Å²) in [6, 6.07) is 8.52. The highest BCUT2D eigenvalue weighted by molar-refractivity contribution is 9.10. The van der Waals surface area contributed by atoms with Crippen molar-refractivity contribution < 1.29 is 4.79 Å². The third-order valence-corrected chi connectivity index (χ3v) is 4.88. The lowest BCUT2D eigenvalue weighted by atomic mass is 9.78. The maximum absolute atomic E-state index is 12.8. The molecule has 124 valence electrons. The topological polar surface area (TPSA) is 41.1 Å². The molecular weight excluding hydrogens is 364 g/mol. The van der Waals surface area contributed by atoms with Crippen molar-refractivity contribution in [3.63, 3.8) is 0 Å². The summed E-state index contributed by atoms with van der Waals surface area (Å²) in [5, 5.41) is 6.48. The maximum Gasteiger partial charge on any atom is 0.230 e. The van der Waals surface area contributed by atoms with Gasteiger partial charge >= 0.3 is 0 Å². The highest BCUT2D eigenvalue weighted by Gasteiger charge is 2.42. The third-order valence-electron chi connectivity index (χ3n) is 4.39. The number of carbonyl (C=O) groups is 1. The van der Waals surface area contributed by atoms with Crippen LogP contribution in [-0.2, 0) is 10.2 Å². The Labute approximate surface area is 148 Å². The SMILES string of the molecule is CCN[C@H](C)CNC(=O)C1(c2cccc(Br)c2)CCCC1.Cl. The summed E-state index contributed by atoms with van der Waals surface area (Å²) >= 11 is 3.52. The average molecular weight is 390 g/mol. The van der Waals surface area contributed by atoms with Gasteiger partial charge in [0.05, 0.1) is 5.41 Å². The van der Waals surface area contributed by atoms with E-state index in [-0.39, 0.29) is 23.7 Å². The highest BCUT2D eigenvalue weighted by atomic mass is 79.9. The number of rotatable bonds is 6. The summed E-state index contributed by atoms with van der Waals surface area (Å²) in [6.07, 6.45) is 4.15. The van der Waals surface area contributed by atoms with Crippen LogP contribution in [0.5, 0.6) is 0 Å². The molecule has 0 spiro atoms. The number of nitrogens with one attached hydrogen (secondary N) is 2. The Morgan fingerprint density at radius 2 is 2.05 bits per heavy atom. The van der Waals surface area contributed by atoms with E-state index in [0.29, 0.717) is 12.6 Å². The summed E-state index contributed by atoms with van der Waals surface area (Å²) in [6.45, 7) is 5.79. The largest absolute Gasteiger partial charge is 0.354 e. The van der Waals surface area contributed by atoms with Gasteiger partial charge in [-0.2, -0.15) is 0 Å². The van der Waals surface area contributed by atoms with E-state index in [9.17, 15) is 4.79 Å². The summed E-state index contributed by atoms with van der Waals surface area (Å²) in [5.74, 6) is 0.183. The normalized spacial score (nSPS) is 17.6. The monoisotopic (exact) mass is 388 g/mol. The zero-order valence-corrected chi connectivity index (χ0v) is 15.7. The summed E-state index contributed by atoms with van der Waals surface area (Å²) in [7, 11) is 0. The fourth-order valence-electron chi connectivity index (χ4n) is 3.25. The Hall–Kier alpha value is -0.580. The lowest BCUT2D eigenvalue weighted by molar-refractivity contribution is -0.126. The second-order valence-corrected chi connectivity index (χ2v) is 6.88. The molecule has 2 rings (SSSR count). The van der Waals surface area contributed by atoms with Crippen molar-refractivity contribution in [2.45, 2.75) is 51.0 Å². The Kier molecular flexibility index (Phi) is 7.87. The first-order valence-electron chi connectivity index (χ1n) is 7.86. The number of hydrogen-bond acceptors (Lipinski definition) is 2. The second-order valence-electron chi connectivity index (χ2n) is 5.97. The summed E-state index contributed by atoms with van der Waals surface area (Å²) < 4.78 is 1.04. The van der Waals surface area contributed by atoms with Crippen LogP contribution in [0.25, 0.3) is 0 Å². The summed E-state index contributed by atoms with van der Waals surface area (Å²) in [5.41, 5.74) is 0.804. The van der Waals surface area contributed by atoms with Crippen LogP contribution >= 0.6 is 28.3 Å². The predicted octanol–water partition coefficient (Wildman–Crippen LogP) is 3.80. The van der Waals surface area contributed by atoms with Crippen molar-refractivity contribution in [2.75, 3.05) is 13.1 Å². The van der Waals surface area contributed by atoms with Crippen LogP contribution in [0.4, 0.5) is 0 Å². The van der Waals surface area contributed by atoms with Gasteiger partial charge in [0.2, 0.25) is 5.91 Å². The molecule has 0 aromatic heterocycles. The van der Waals surface area contributed by atoms with Crippen molar-refractivity contribution in [1.82, 2.24) is 10.6 Å². The lowest BCUT2D eigenvalue weighted by Gasteiger charge is -2.29. The van der Waals surface area contributed by atoms with Crippen LogP contribution in [0.2, 0.25) is 0 Å². The molecule has 1 saturated carbocycles. The Morgan fingerprint density at radius 1 is 1.36 bits per heavy atom. The molecule has 0 bridgehead atoms. The molecule has 22 heavy (non-hydrogen) atoms. The number of carbonyl (C=O) groups excluding carboxylic acids is 1. The minimum atomic E-state index is -0.338.